The van der Waals surface area contributed by atoms with Crippen LogP contribution in [0.1, 0.15) is 51.9 Å². The van der Waals surface area contributed by atoms with Crippen molar-refractivity contribution in [1.82, 2.24) is 5.32 Å². The van der Waals surface area contributed by atoms with Crippen LogP contribution < -0.4 is 11.1 Å². The van der Waals surface area contributed by atoms with E-state index in [0.717, 1.165) is 25.3 Å². The third kappa shape index (κ3) is 4.43. The van der Waals surface area contributed by atoms with Crippen LogP contribution in [0.15, 0.2) is 0 Å². The molecule has 0 aromatic rings. The molecule has 2 aliphatic rings. The van der Waals surface area contributed by atoms with Gasteiger partial charge < -0.3 is 11.1 Å². The molecule has 0 radical (unpaired) electrons. The SMILES string of the molecule is CC(N)CCNC(=O)C1CC1C1CCCCC1.Cl. The van der Waals surface area contributed by atoms with E-state index in [1.807, 2.05) is 6.92 Å². The van der Waals surface area contributed by atoms with E-state index in [2.05, 4.69) is 5.32 Å². The lowest BCUT2D eigenvalue weighted by atomic mass is 9.85. The van der Waals surface area contributed by atoms with E-state index in [4.69, 9.17) is 5.73 Å². The Hall–Kier alpha value is -0.280. The zero-order valence-electron chi connectivity index (χ0n) is 11.4. The van der Waals surface area contributed by atoms with Crippen LogP contribution in [0.5, 0.6) is 0 Å². The van der Waals surface area contributed by atoms with Gasteiger partial charge in [0.1, 0.15) is 0 Å². The first kappa shape index (κ1) is 15.8. The molecule has 0 spiro atoms. The molecule has 2 rings (SSSR count). The molecule has 0 aromatic carbocycles. The Balaban J connectivity index is 0.00000162. The Labute approximate surface area is 117 Å². The van der Waals surface area contributed by atoms with Crippen LogP contribution in [0.4, 0.5) is 0 Å². The van der Waals surface area contributed by atoms with Gasteiger partial charge in [-0.25, -0.2) is 0 Å². The van der Waals surface area contributed by atoms with Gasteiger partial charge in [0.05, 0.1) is 0 Å². The number of hydrogen-bond acceptors (Lipinski definition) is 2. The van der Waals surface area contributed by atoms with Crippen LogP contribution in [-0.2, 0) is 4.79 Å². The minimum absolute atomic E-state index is 0. The Morgan fingerprint density at radius 3 is 2.61 bits per heavy atom. The first-order chi connectivity index (χ1) is 8.18. The summed E-state index contributed by atoms with van der Waals surface area (Å²) in [5.74, 6) is 2.14. The highest BCUT2D eigenvalue weighted by Gasteiger charge is 2.47. The minimum atomic E-state index is 0. The van der Waals surface area contributed by atoms with Crippen molar-refractivity contribution < 1.29 is 4.79 Å². The van der Waals surface area contributed by atoms with Crippen LogP contribution in [0.25, 0.3) is 0 Å². The summed E-state index contributed by atoms with van der Waals surface area (Å²) in [6.07, 6.45) is 8.87. The maximum atomic E-state index is 11.9. The Morgan fingerprint density at radius 2 is 2.00 bits per heavy atom. The van der Waals surface area contributed by atoms with Crippen molar-refractivity contribution in [2.24, 2.45) is 23.5 Å². The van der Waals surface area contributed by atoms with Gasteiger partial charge in [0, 0.05) is 18.5 Å². The summed E-state index contributed by atoms with van der Waals surface area (Å²) in [5, 5.41) is 3.03. The molecule has 0 aromatic heterocycles. The third-order valence-electron chi connectivity index (χ3n) is 4.33. The van der Waals surface area contributed by atoms with Gasteiger partial charge >= 0.3 is 0 Å². The van der Waals surface area contributed by atoms with Crippen molar-refractivity contribution in [3.05, 3.63) is 0 Å². The third-order valence-corrected chi connectivity index (χ3v) is 4.33. The topological polar surface area (TPSA) is 55.1 Å². The second kappa shape index (κ2) is 7.34. The van der Waals surface area contributed by atoms with Crippen molar-refractivity contribution in [1.29, 1.82) is 0 Å². The lowest BCUT2D eigenvalue weighted by Crippen LogP contribution is -2.30. The number of carbonyl (C=O) groups is 1. The summed E-state index contributed by atoms with van der Waals surface area (Å²) < 4.78 is 0. The minimum Gasteiger partial charge on any atom is -0.356 e. The number of rotatable bonds is 5. The zero-order chi connectivity index (χ0) is 12.3. The molecule has 0 aliphatic heterocycles. The van der Waals surface area contributed by atoms with Crippen LogP contribution in [0.3, 0.4) is 0 Å². The van der Waals surface area contributed by atoms with Crippen LogP contribution in [-0.4, -0.2) is 18.5 Å². The molecular weight excluding hydrogens is 248 g/mol. The molecule has 106 valence electrons. The van der Waals surface area contributed by atoms with Crippen LogP contribution >= 0.6 is 12.4 Å². The summed E-state index contributed by atoms with van der Waals surface area (Å²) in [6, 6.07) is 0.184. The molecule has 18 heavy (non-hydrogen) atoms. The quantitative estimate of drug-likeness (QED) is 0.809. The number of nitrogens with one attached hydrogen (secondary N) is 1. The first-order valence-corrected chi connectivity index (χ1v) is 7.21. The van der Waals surface area contributed by atoms with Crippen molar-refractivity contribution in [3.8, 4) is 0 Å². The number of hydrogen-bond donors (Lipinski definition) is 2. The van der Waals surface area contributed by atoms with E-state index < -0.39 is 0 Å². The molecule has 3 unspecified atom stereocenters. The maximum Gasteiger partial charge on any atom is 0.223 e. The normalized spacial score (nSPS) is 29.2. The monoisotopic (exact) mass is 274 g/mol. The molecular formula is C14H27ClN2O. The number of carbonyl (C=O) groups excluding carboxylic acids is 1. The standard InChI is InChI=1S/C14H26N2O.ClH/c1-10(15)7-8-16-14(17)13-9-12(13)11-5-3-2-4-6-11;/h10-13H,2-9,15H2,1H3,(H,16,17);1H. The van der Waals surface area contributed by atoms with Gasteiger partial charge in [-0.2, -0.15) is 0 Å². The van der Waals surface area contributed by atoms with E-state index in [0.29, 0.717) is 11.8 Å². The molecule has 2 aliphatic carbocycles. The summed E-state index contributed by atoms with van der Waals surface area (Å²) in [7, 11) is 0. The van der Waals surface area contributed by atoms with Gasteiger partial charge in [0.25, 0.3) is 0 Å². The summed E-state index contributed by atoms with van der Waals surface area (Å²) in [6.45, 7) is 2.72. The van der Waals surface area contributed by atoms with Crippen LogP contribution in [0.2, 0.25) is 0 Å². The molecule has 3 atom stereocenters. The molecule has 4 heteroatoms. The van der Waals surface area contributed by atoms with Gasteiger partial charge in [0.15, 0.2) is 0 Å². The van der Waals surface area contributed by atoms with Gasteiger partial charge in [-0.1, -0.05) is 32.1 Å². The highest BCUT2D eigenvalue weighted by molar-refractivity contribution is 5.85. The van der Waals surface area contributed by atoms with Gasteiger partial charge in [-0.05, 0) is 31.6 Å². The van der Waals surface area contributed by atoms with E-state index in [1.54, 1.807) is 0 Å². The fourth-order valence-corrected chi connectivity index (χ4v) is 3.15. The smallest absolute Gasteiger partial charge is 0.223 e. The zero-order valence-corrected chi connectivity index (χ0v) is 12.2. The lowest BCUT2D eigenvalue weighted by Gasteiger charge is -2.21. The molecule has 0 saturated heterocycles. The number of halogens is 1. The number of nitrogens with two attached hydrogens (primary N) is 1. The van der Waals surface area contributed by atoms with E-state index in [1.165, 1.54) is 32.1 Å². The summed E-state index contributed by atoms with van der Waals surface area (Å²) >= 11 is 0. The predicted octanol–water partition coefficient (Wildman–Crippen LogP) is 2.48. The number of amides is 1. The van der Waals surface area contributed by atoms with Crippen molar-refractivity contribution >= 4 is 18.3 Å². The first-order valence-electron chi connectivity index (χ1n) is 7.21. The second-order valence-electron chi connectivity index (χ2n) is 5.96. The molecule has 3 nitrogen and oxygen atoms in total. The van der Waals surface area contributed by atoms with Crippen molar-refractivity contribution in [3.63, 3.8) is 0 Å². The summed E-state index contributed by atoms with van der Waals surface area (Å²) in [5.41, 5.74) is 5.66. The van der Waals surface area contributed by atoms with Crippen LogP contribution in [0, 0.1) is 17.8 Å². The largest absolute Gasteiger partial charge is 0.356 e. The van der Waals surface area contributed by atoms with Gasteiger partial charge in [-0.3, -0.25) is 4.79 Å². The summed E-state index contributed by atoms with van der Waals surface area (Å²) in [4.78, 5) is 11.9. The lowest BCUT2D eigenvalue weighted by molar-refractivity contribution is -0.122. The van der Waals surface area contributed by atoms with E-state index in [-0.39, 0.29) is 24.4 Å². The Bertz CT molecular complexity index is 265. The maximum absolute atomic E-state index is 11.9. The molecule has 3 N–H and O–H groups in total. The van der Waals surface area contributed by atoms with Gasteiger partial charge in [-0.15, -0.1) is 12.4 Å². The molecule has 0 bridgehead atoms. The van der Waals surface area contributed by atoms with Crippen molar-refractivity contribution in [2.45, 2.75) is 57.9 Å². The molecule has 0 heterocycles. The highest BCUT2D eigenvalue weighted by Crippen LogP contribution is 2.49. The molecule has 2 saturated carbocycles. The highest BCUT2D eigenvalue weighted by atomic mass is 35.5. The predicted molar refractivity (Wildman–Crippen MR) is 76.7 cm³/mol. The second-order valence-corrected chi connectivity index (χ2v) is 5.96. The van der Waals surface area contributed by atoms with E-state index in [9.17, 15) is 4.79 Å². The molecule has 1 amide bonds. The fraction of sp³-hybridized carbons (Fsp3) is 0.929. The molecule has 2 fully saturated rings. The van der Waals surface area contributed by atoms with Gasteiger partial charge in [0.2, 0.25) is 5.91 Å². The Kier molecular flexibility index (Phi) is 6.44. The Morgan fingerprint density at radius 1 is 1.33 bits per heavy atom. The average Bonchev–Trinajstić information content (AvgIpc) is 3.09. The van der Waals surface area contributed by atoms with E-state index >= 15 is 0 Å². The van der Waals surface area contributed by atoms with Crippen molar-refractivity contribution in [2.75, 3.05) is 6.54 Å². The fourth-order valence-electron chi connectivity index (χ4n) is 3.15. The average molecular weight is 275 g/mol.